The Hall–Kier alpha value is -2.00. The van der Waals surface area contributed by atoms with Crippen LogP contribution in [-0.2, 0) is 14.3 Å². The number of ether oxygens (including phenoxy) is 2. The van der Waals surface area contributed by atoms with Gasteiger partial charge in [0.15, 0.2) is 0 Å². The van der Waals surface area contributed by atoms with Crippen LogP contribution in [0.1, 0.15) is 43.7 Å². The van der Waals surface area contributed by atoms with Gasteiger partial charge in [-0.2, -0.15) is 0 Å². The van der Waals surface area contributed by atoms with Crippen molar-refractivity contribution in [3.8, 4) is 5.75 Å². The lowest BCUT2D eigenvalue weighted by Crippen LogP contribution is -2.39. The number of halogens is 4. The minimum Gasteiger partial charge on any atom is -0.469 e. The molecule has 1 aliphatic rings. The number of nitrogens with one attached hydrogen (secondary N) is 1. The van der Waals surface area contributed by atoms with Crippen molar-refractivity contribution >= 4 is 24.3 Å². The molecule has 0 bridgehead atoms. The van der Waals surface area contributed by atoms with Crippen LogP contribution in [-0.4, -0.2) is 31.4 Å². The number of alkyl halides is 3. The van der Waals surface area contributed by atoms with E-state index in [1.807, 2.05) is 0 Å². The molecule has 1 saturated carbocycles. The molecule has 2 rings (SSSR count). The minimum absolute atomic E-state index is 0. The van der Waals surface area contributed by atoms with E-state index in [9.17, 15) is 22.8 Å². The van der Waals surface area contributed by atoms with Gasteiger partial charge in [0.05, 0.1) is 19.6 Å². The van der Waals surface area contributed by atoms with Crippen LogP contribution in [0.25, 0.3) is 0 Å². The second-order valence-corrected chi connectivity index (χ2v) is 6.58. The monoisotopic (exact) mass is 424 g/mol. The smallest absolute Gasteiger partial charge is 0.469 e. The molecule has 1 aromatic rings. The maximum Gasteiger partial charge on any atom is 0.573 e. The molecule has 0 heterocycles. The van der Waals surface area contributed by atoms with Gasteiger partial charge in [-0.05, 0) is 37.0 Å². The Balaban J connectivity index is 0.00000392. The van der Waals surface area contributed by atoms with E-state index in [2.05, 4.69) is 14.8 Å². The molecule has 6 nitrogen and oxygen atoms in total. The lowest BCUT2D eigenvalue weighted by molar-refractivity contribution is -0.274. The summed E-state index contributed by atoms with van der Waals surface area (Å²) >= 11 is 0. The number of amides is 1. The summed E-state index contributed by atoms with van der Waals surface area (Å²) in [6.07, 6.45) is -1.93. The third kappa shape index (κ3) is 7.55. The maximum atomic E-state index is 12.6. The normalized spacial score (nSPS) is 20.5. The van der Waals surface area contributed by atoms with E-state index in [4.69, 9.17) is 5.73 Å². The van der Waals surface area contributed by atoms with Crippen LogP contribution < -0.4 is 15.8 Å². The highest BCUT2D eigenvalue weighted by Gasteiger charge is 2.31. The van der Waals surface area contributed by atoms with E-state index in [1.165, 1.54) is 19.2 Å². The summed E-state index contributed by atoms with van der Waals surface area (Å²) in [5.74, 6) is -1.40. The molecule has 0 aromatic heterocycles. The first-order chi connectivity index (χ1) is 12.7. The molecule has 158 valence electrons. The maximum absolute atomic E-state index is 12.6. The van der Waals surface area contributed by atoms with Crippen molar-refractivity contribution < 1.29 is 32.2 Å². The Labute approximate surface area is 167 Å². The lowest BCUT2D eigenvalue weighted by atomic mass is 9.85. The topological polar surface area (TPSA) is 90.7 Å². The van der Waals surface area contributed by atoms with E-state index in [0.29, 0.717) is 18.4 Å². The van der Waals surface area contributed by atoms with Crippen molar-refractivity contribution in [1.29, 1.82) is 0 Å². The van der Waals surface area contributed by atoms with Crippen LogP contribution >= 0.6 is 12.4 Å². The summed E-state index contributed by atoms with van der Waals surface area (Å²) < 4.78 is 45.3. The van der Waals surface area contributed by atoms with Gasteiger partial charge >= 0.3 is 12.3 Å². The Morgan fingerprint density at radius 1 is 1.25 bits per heavy atom. The SMILES string of the molecule is COC(=O)CC(NC(=O)C1CCCC(N)C1)c1ccc(OC(F)(F)F)cc1.Cl. The molecule has 0 spiro atoms. The van der Waals surface area contributed by atoms with Gasteiger partial charge in [0.1, 0.15) is 5.75 Å². The summed E-state index contributed by atoms with van der Waals surface area (Å²) in [7, 11) is 1.22. The van der Waals surface area contributed by atoms with Gasteiger partial charge in [0, 0.05) is 12.0 Å². The highest BCUT2D eigenvalue weighted by Crippen LogP contribution is 2.27. The van der Waals surface area contributed by atoms with Gasteiger partial charge in [-0.1, -0.05) is 18.6 Å². The lowest BCUT2D eigenvalue weighted by Gasteiger charge is -2.28. The Bertz CT molecular complexity index is 655. The number of nitrogens with two attached hydrogens (primary N) is 1. The van der Waals surface area contributed by atoms with Crippen molar-refractivity contribution in [2.45, 2.75) is 50.6 Å². The molecule has 0 aliphatic heterocycles. The van der Waals surface area contributed by atoms with Crippen LogP contribution in [0.2, 0.25) is 0 Å². The molecule has 1 fully saturated rings. The highest BCUT2D eigenvalue weighted by molar-refractivity contribution is 5.85. The third-order valence-corrected chi connectivity index (χ3v) is 4.52. The zero-order chi connectivity index (χ0) is 20.0. The zero-order valence-electron chi connectivity index (χ0n) is 15.3. The number of hydrogen-bond acceptors (Lipinski definition) is 5. The van der Waals surface area contributed by atoms with Crippen molar-refractivity contribution in [2.75, 3.05) is 7.11 Å². The van der Waals surface area contributed by atoms with Gasteiger partial charge in [-0.25, -0.2) is 0 Å². The van der Waals surface area contributed by atoms with E-state index in [0.717, 1.165) is 25.0 Å². The first kappa shape index (κ1) is 24.0. The quantitative estimate of drug-likeness (QED) is 0.684. The van der Waals surface area contributed by atoms with E-state index in [1.54, 1.807) is 0 Å². The Morgan fingerprint density at radius 3 is 2.43 bits per heavy atom. The molecule has 3 N–H and O–H groups in total. The summed E-state index contributed by atoms with van der Waals surface area (Å²) in [6.45, 7) is 0. The molecule has 1 aromatic carbocycles. The molecule has 1 amide bonds. The second-order valence-electron chi connectivity index (χ2n) is 6.58. The number of rotatable bonds is 6. The second kappa shape index (κ2) is 10.5. The Kier molecular flexibility index (Phi) is 9.03. The van der Waals surface area contributed by atoms with Crippen molar-refractivity contribution in [2.24, 2.45) is 11.7 Å². The fraction of sp³-hybridized carbons (Fsp3) is 0.556. The number of carbonyl (C=O) groups is 2. The number of methoxy groups -OCH3 is 1. The number of hydrogen-bond donors (Lipinski definition) is 2. The molecule has 28 heavy (non-hydrogen) atoms. The van der Waals surface area contributed by atoms with Gasteiger partial charge in [-0.15, -0.1) is 25.6 Å². The van der Waals surface area contributed by atoms with Crippen LogP contribution in [0.15, 0.2) is 24.3 Å². The molecular weight excluding hydrogens is 401 g/mol. The van der Waals surface area contributed by atoms with Crippen molar-refractivity contribution in [3.05, 3.63) is 29.8 Å². The molecule has 1 aliphatic carbocycles. The molecule has 3 unspecified atom stereocenters. The van der Waals surface area contributed by atoms with Crippen molar-refractivity contribution in [3.63, 3.8) is 0 Å². The van der Waals surface area contributed by atoms with E-state index in [-0.39, 0.29) is 42.4 Å². The Morgan fingerprint density at radius 2 is 1.89 bits per heavy atom. The third-order valence-electron chi connectivity index (χ3n) is 4.52. The first-order valence-corrected chi connectivity index (χ1v) is 8.66. The van der Waals surface area contributed by atoms with Gasteiger partial charge in [-0.3, -0.25) is 9.59 Å². The molecule has 3 atom stereocenters. The van der Waals surface area contributed by atoms with E-state index >= 15 is 0 Å². The first-order valence-electron chi connectivity index (χ1n) is 8.66. The summed E-state index contributed by atoms with van der Waals surface area (Å²) in [5, 5.41) is 2.80. The molecular formula is C18H24ClF3N2O4. The zero-order valence-corrected chi connectivity index (χ0v) is 16.1. The standard InChI is InChI=1S/C18H23F3N2O4.ClH/c1-26-16(24)10-15(23-17(25)12-3-2-4-13(22)9-12)11-5-7-14(8-6-11)27-18(19,20)21;/h5-8,12-13,15H,2-4,9-10,22H2,1H3,(H,23,25);1H. The summed E-state index contributed by atoms with van der Waals surface area (Å²) in [6, 6.07) is 4.27. The minimum atomic E-state index is -4.79. The average molecular weight is 425 g/mol. The fourth-order valence-corrected chi connectivity index (χ4v) is 3.16. The average Bonchev–Trinajstić information content (AvgIpc) is 2.60. The van der Waals surface area contributed by atoms with Crippen LogP contribution in [0.4, 0.5) is 13.2 Å². The van der Waals surface area contributed by atoms with Gasteiger partial charge in [0.2, 0.25) is 5.91 Å². The number of esters is 1. The number of benzene rings is 1. The van der Waals surface area contributed by atoms with Crippen LogP contribution in [0.5, 0.6) is 5.75 Å². The van der Waals surface area contributed by atoms with Crippen LogP contribution in [0, 0.1) is 5.92 Å². The highest BCUT2D eigenvalue weighted by atomic mass is 35.5. The summed E-state index contributed by atoms with van der Waals surface area (Å²) in [4.78, 5) is 24.3. The van der Waals surface area contributed by atoms with Gasteiger partial charge < -0.3 is 20.5 Å². The largest absolute Gasteiger partial charge is 0.573 e. The van der Waals surface area contributed by atoms with Gasteiger partial charge in [0.25, 0.3) is 0 Å². The summed E-state index contributed by atoms with van der Waals surface area (Å²) in [5.41, 5.74) is 6.39. The predicted molar refractivity (Wildman–Crippen MR) is 97.8 cm³/mol. The molecule has 0 saturated heterocycles. The van der Waals surface area contributed by atoms with Crippen molar-refractivity contribution in [1.82, 2.24) is 5.32 Å². The molecule has 10 heteroatoms. The fourth-order valence-electron chi connectivity index (χ4n) is 3.16. The predicted octanol–water partition coefficient (Wildman–Crippen LogP) is 3.24. The molecule has 0 radical (unpaired) electrons. The van der Waals surface area contributed by atoms with Crippen LogP contribution in [0.3, 0.4) is 0 Å². The number of carbonyl (C=O) groups excluding carboxylic acids is 2. The van der Waals surface area contributed by atoms with E-state index < -0.39 is 18.4 Å².